The molecule has 1 saturated heterocycles. The highest BCUT2D eigenvalue weighted by molar-refractivity contribution is 5.98. The van der Waals surface area contributed by atoms with Gasteiger partial charge in [-0.1, -0.05) is 22.9 Å². The predicted molar refractivity (Wildman–Crippen MR) is 85.2 cm³/mol. The summed E-state index contributed by atoms with van der Waals surface area (Å²) in [6.45, 7) is 6.52. The molecular formula is C17H19N3O3. The summed E-state index contributed by atoms with van der Waals surface area (Å²) in [5, 5.41) is 6.64. The van der Waals surface area contributed by atoms with Crippen molar-refractivity contribution in [2.24, 2.45) is 5.92 Å². The molecule has 120 valence electrons. The van der Waals surface area contributed by atoms with Gasteiger partial charge in [0, 0.05) is 24.8 Å². The molecule has 0 radical (unpaired) electrons. The average molecular weight is 313 g/mol. The van der Waals surface area contributed by atoms with Gasteiger partial charge >= 0.3 is 0 Å². The quantitative estimate of drug-likeness (QED) is 0.943. The van der Waals surface area contributed by atoms with Crippen molar-refractivity contribution in [2.45, 2.75) is 20.8 Å². The summed E-state index contributed by atoms with van der Waals surface area (Å²) in [5.74, 6) is 0.153. The van der Waals surface area contributed by atoms with Crippen molar-refractivity contribution in [1.82, 2.24) is 10.1 Å². The van der Waals surface area contributed by atoms with Gasteiger partial charge in [-0.3, -0.25) is 9.59 Å². The third-order valence-electron chi connectivity index (χ3n) is 4.03. The van der Waals surface area contributed by atoms with E-state index in [2.05, 4.69) is 10.5 Å². The highest BCUT2D eigenvalue weighted by Crippen LogP contribution is 2.22. The number of hydrogen-bond donors (Lipinski definition) is 1. The van der Waals surface area contributed by atoms with Crippen LogP contribution < -0.4 is 5.32 Å². The van der Waals surface area contributed by atoms with Crippen molar-refractivity contribution in [3.05, 3.63) is 46.8 Å². The van der Waals surface area contributed by atoms with E-state index in [0.29, 0.717) is 18.8 Å². The maximum atomic E-state index is 12.3. The van der Waals surface area contributed by atoms with E-state index in [1.165, 1.54) is 0 Å². The van der Waals surface area contributed by atoms with Crippen LogP contribution in [0.5, 0.6) is 0 Å². The first-order valence-electron chi connectivity index (χ1n) is 7.55. The molecule has 3 rings (SSSR count). The summed E-state index contributed by atoms with van der Waals surface area (Å²) in [4.78, 5) is 26.0. The Morgan fingerprint density at radius 1 is 1.22 bits per heavy atom. The highest BCUT2D eigenvalue weighted by Gasteiger charge is 2.37. The second kappa shape index (κ2) is 5.87. The van der Waals surface area contributed by atoms with Crippen LogP contribution >= 0.6 is 0 Å². The van der Waals surface area contributed by atoms with E-state index >= 15 is 0 Å². The van der Waals surface area contributed by atoms with Crippen LogP contribution in [0.1, 0.15) is 27.4 Å². The zero-order chi connectivity index (χ0) is 16.6. The zero-order valence-electron chi connectivity index (χ0n) is 13.4. The maximum Gasteiger partial charge on any atom is 0.276 e. The summed E-state index contributed by atoms with van der Waals surface area (Å²) < 4.78 is 4.90. The van der Waals surface area contributed by atoms with Crippen molar-refractivity contribution in [3.8, 4) is 0 Å². The standard InChI is InChI=1S/C17H19N3O3/c1-10-4-5-14(11(2)6-10)18-16(21)13-8-20(9-13)17(22)15-7-12(3)23-19-15/h4-7,13H,8-9H2,1-3H3,(H,18,21). The minimum Gasteiger partial charge on any atom is -0.361 e. The van der Waals surface area contributed by atoms with E-state index in [4.69, 9.17) is 4.52 Å². The van der Waals surface area contributed by atoms with Crippen molar-refractivity contribution in [3.63, 3.8) is 0 Å². The topological polar surface area (TPSA) is 75.4 Å². The molecule has 2 aromatic rings. The Morgan fingerprint density at radius 2 is 1.96 bits per heavy atom. The normalized spacial score (nSPS) is 14.5. The summed E-state index contributed by atoms with van der Waals surface area (Å²) in [6.07, 6.45) is 0. The van der Waals surface area contributed by atoms with Crippen LogP contribution in [0.2, 0.25) is 0 Å². The van der Waals surface area contributed by atoms with Gasteiger partial charge in [0.15, 0.2) is 5.69 Å². The SMILES string of the molecule is Cc1ccc(NC(=O)C2CN(C(=O)c3cc(C)on3)C2)c(C)c1. The van der Waals surface area contributed by atoms with E-state index in [9.17, 15) is 9.59 Å². The molecular weight excluding hydrogens is 294 g/mol. The second-order valence-corrected chi connectivity index (χ2v) is 6.04. The van der Waals surface area contributed by atoms with Gasteiger partial charge < -0.3 is 14.7 Å². The van der Waals surface area contributed by atoms with E-state index in [1.54, 1.807) is 17.9 Å². The molecule has 23 heavy (non-hydrogen) atoms. The summed E-state index contributed by atoms with van der Waals surface area (Å²) >= 11 is 0. The van der Waals surface area contributed by atoms with Crippen LogP contribution in [0.25, 0.3) is 0 Å². The number of carbonyl (C=O) groups is 2. The Hall–Kier alpha value is -2.63. The molecule has 0 spiro atoms. The van der Waals surface area contributed by atoms with E-state index in [-0.39, 0.29) is 23.4 Å². The Bertz CT molecular complexity index is 760. The van der Waals surface area contributed by atoms with E-state index in [0.717, 1.165) is 16.8 Å². The lowest BCUT2D eigenvalue weighted by atomic mass is 9.98. The number of amides is 2. The Labute approximate surface area is 134 Å². The zero-order valence-corrected chi connectivity index (χ0v) is 13.4. The minimum absolute atomic E-state index is 0.0580. The molecule has 0 aliphatic carbocycles. The number of anilines is 1. The number of carbonyl (C=O) groups excluding carboxylic acids is 2. The molecule has 6 heteroatoms. The molecule has 1 aromatic carbocycles. The highest BCUT2D eigenvalue weighted by atomic mass is 16.5. The van der Waals surface area contributed by atoms with Crippen LogP contribution in [0.3, 0.4) is 0 Å². The van der Waals surface area contributed by atoms with Crippen LogP contribution in [0.15, 0.2) is 28.8 Å². The number of benzene rings is 1. The number of rotatable bonds is 3. The molecule has 1 fully saturated rings. The summed E-state index contributed by atoms with van der Waals surface area (Å²) in [6, 6.07) is 7.50. The molecule has 2 amide bonds. The third kappa shape index (κ3) is 3.11. The van der Waals surface area contributed by atoms with Gasteiger partial charge in [-0.2, -0.15) is 0 Å². The fraction of sp³-hybridized carbons (Fsp3) is 0.353. The van der Waals surface area contributed by atoms with Crippen LogP contribution in [-0.4, -0.2) is 35.0 Å². The second-order valence-electron chi connectivity index (χ2n) is 6.04. The molecule has 1 N–H and O–H groups in total. The maximum absolute atomic E-state index is 12.3. The first-order chi connectivity index (χ1) is 10.9. The largest absolute Gasteiger partial charge is 0.361 e. The Kier molecular flexibility index (Phi) is 3.90. The molecule has 6 nitrogen and oxygen atoms in total. The molecule has 2 heterocycles. The van der Waals surface area contributed by atoms with Crippen LogP contribution in [0.4, 0.5) is 5.69 Å². The van der Waals surface area contributed by atoms with Crippen molar-refractivity contribution < 1.29 is 14.1 Å². The monoisotopic (exact) mass is 313 g/mol. The van der Waals surface area contributed by atoms with Gasteiger partial charge in [0.1, 0.15) is 5.76 Å². The molecule has 1 aliphatic heterocycles. The van der Waals surface area contributed by atoms with Gasteiger partial charge in [-0.15, -0.1) is 0 Å². The Morgan fingerprint density at radius 3 is 2.57 bits per heavy atom. The number of likely N-dealkylation sites (tertiary alicyclic amines) is 1. The van der Waals surface area contributed by atoms with Crippen molar-refractivity contribution in [1.29, 1.82) is 0 Å². The van der Waals surface area contributed by atoms with Gasteiger partial charge in [0.25, 0.3) is 5.91 Å². The fourth-order valence-corrected chi connectivity index (χ4v) is 2.63. The number of aryl methyl sites for hydroxylation is 3. The molecule has 0 unspecified atom stereocenters. The van der Waals surface area contributed by atoms with Gasteiger partial charge in [0.2, 0.25) is 5.91 Å². The van der Waals surface area contributed by atoms with Gasteiger partial charge in [-0.05, 0) is 32.4 Å². The number of nitrogens with zero attached hydrogens (tertiary/aromatic N) is 2. The first kappa shape index (κ1) is 15.3. The predicted octanol–water partition coefficient (Wildman–Crippen LogP) is 2.31. The Balaban J connectivity index is 1.56. The lowest BCUT2D eigenvalue weighted by Crippen LogP contribution is -2.54. The average Bonchev–Trinajstić information content (AvgIpc) is 2.87. The number of nitrogens with one attached hydrogen (secondary N) is 1. The molecule has 0 atom stereocenters. The van der Waals surface area contributed by atoms with Crippen molar-refractivity contribution in [2.75, 3.05) is 18.4 Å². The lowest BCUT2D eigenvalue weighted by molar-refractivity contribution is -0.123. The van der Waals surface area contributed by atoms with E-state index in [1.807, 2.05) is 32.0 Å². The molecule has 0 saturated carbocycles. The van der Waals surface area contributed by atoms with Gasteiger partial charge in [-0.25, -0.2) is 0 Å². The first-order valence-corrected chi connectivity index (χ1v) is 7.55. The number of aromatic nitrogens is 1. The van der Waals surface area contributed by atoms with Gasteiger partial charge in [0.05, 0.1) is 5.92 Å². The smallest absolute Gasteiger partial charge is 0.276 e. The van der Waals surface area contributed by atoms with Crippen molar-refractivity contribution >= 4 is 17.5 Å². The third-order valence-corrected chi connectivity index (χ3v) is 4.03. The minimum atomic E-state index is -0.197. The fourth-order valence-electron chi connectivity index (χ4n) is 2.63. The van der Waals surface area contributed by atoms with Crippen LogP contribution in [-0.2, 0) is 4.79 Å². The summed E-state index contributed by atoms with van der Waals surface area (Å²) in [7, 11) is 0. The lowest BCUT2D eigenvalue weighted by Gasteiger charge is -2.37. The molecule has 1 aromatic heterocycles. The summed E-state index contributed by atoms with van der Waals surface area (Å²) in [5.41, 5.74) is 3.29. The van der Waals surface area contributed by atoms with Crippen LogP contribution in [0, 0.1) is 26.7 Å². The molecule has 1 aliphatic rings. The molecule has 0 bridgehead atoms. The number of hydrogen-bond acceptors (Lipinski definition) is 4. The van der Waals surface area contributed by atoms with E-state index < -0.39 is 0 Å².